The molecule has 0 aliphatic carbocycles. The molecular formula is C19H14N4O4S3. The summed E-state index contributed by atoms with van der Waals surface area (Å²) in [4.78, 5) is 29.1. The van der Waals surface area contributed by atoms with Crippen LogP contribution in [0.3, 0.4) is 0 Å². The van der Waals surface area contributed by atoms with Crippen molar-refractivity contribution in [3.63, 3.8) is 0 Å². The Bertz CT molecular complexity index is 1130. The van der Waals surface area contributed by atoms with Gasteiger partial charge in [-0.15, -0.1) is 11.3 Å². The van der Waals surface area contributed by atoms with E-state index in [1.165, 1.54) is 36.3 Å². The Balaban J connectivity index is 1.78. The second-order valence-electron chi connectivity index (χ2n) is 5.49. The van der Waals surface area contributed by atoms with Gasteiger partial charge in [-0.25, -0.2) is 4.79 Å². The number of nitrogens with zero attached hydrogens (tertiary/aromatic N) is 3. The summed E-state index contributed by atoms with van der Waals surface area (Å²) in [6, 6.07) is 10.0. The van der Waals surface area contributed by atoms with Gasteiger partial charge < -0.3 is 9.47 Å². The Morgan fingerprint density at radius 1 is 1.30 bits per heavy atom. The molecule has 2 aromatic heterocycles. The predicted octanol–water partition coefficient (Wildman–Crippen LogP) is 4.09. The van der Waals surface area contributed by atoms with Crippen LogP contribution in [0.15, 0.2) is 46.4 Å². The third kappa shape index (κ3) is 5.24. The van der Waals surface area contributed by atoms with Crippen LogP contribution in [0.5, 0.6) is 11.5 Å². The maximum absolute atomic E-state index is 12.4. The number of nitriles is 1. The van der Waals surface area contributed by atoms with E-state index in [-0.39, 0.29) is 11.3 Å². The maximum atomic E-state index is 12.4. The van der Waals surface area contributed by atoms with Crippen molar-refractivity contribution in [3.05, 3.63) is 51.7 Å². The number of carbonyl (C=O) groups excluding carboxylic acids is 2. The number of hydrogen-bond donors (Lipinski definition) is 1. The summed E-state index contributed by atoms with van der Waals surface area (Å²) in [5.41, 5.74) is 0.401. The van der Waals surface area contributed by atoms with E-state index in [4.69, 9.17) is 9.47 Å². The molecule has 0 unspecified atom stereocenters. The number of benzene rings is 1. The van der Waals surface area contributed by atoms with Crippen molar-refractivity contribution in [1.29, 1.82) is 5.26 Å². The van der Waals surface area contributed by atoms with Crippen LogP contribution in [0.4, 0.5) is 5.13 Å². The lowest BCUT2D eigenvalue weighted by Gasteiger charge is -2.09. The molecule has 0 spiro atoms. The van der Waals surface area contributed by atoms with Crippen molar-refractivity contribution < 1.29 is 19.1 Å². The van der Waals surface area contributed by atoms with Crippen molar-refractivity contribution in [2.24, 2.45) is 0 Å². The van der Waals surface area contributed by atoms with Gasteiger partial charge in [-0.3, -0.25) is 10.1 Å². The number of esters is 1. The highest BCUT2D eigenvalue weighted by Gasteiger charge is 2.15. The standard InChI is InChI=1S/C19H14N4O4S3/c1-26-14-9-11(5-6-13(14)27-17(25)15-4-3-7-29-15)8-12(10-20)16(24)21-18-22-19(28-2)23-30-18/h3-9H,1-2H3,(H,21,22,23,24). The zero-order valence-corrected chi connectivity index (χ0v) is 18.2. The van der Waals surface area contributed by atoms with Crippen LogP contribution in [-0.4, -0.2) is 34.6 Å². The van der Waals surface area contributed by atoms with Crippen molar-refractivity contribution in [3.8, 4) is 17.6 Å². The molecule has 0 radical (unpaired) electrons. The largest absolute Gasteiger partial charge is 0.493 e. The summed E-state index contributed by atoms with van der Waals surface area (Å²) in [6.45, 7) is 0. The molecule has 8 nitrogen and oxygen atoms in total. The molecule has 1 N–H and O–H groups in total. The topological polar surface area (TPSA) is 114 Å². The number of amides is 1. The molecule has 30 heavy (non-hydrogen) atoms. The normalized spacial score (nSPS) is 10.9. The first kappa shape index (κ1) is 21.5. The minimum Gasteiger partial charge on any atom is -0.493 e. The average Bonchev–Trinajstić information content (AvgIpc) is 3.44. The number of nitrogens with one attached hydrogen (secondary N) is 1. The Kier molecular flexibility index (Phi) is 7.18. The van der Waals surface area contributed by atoms with Crippen molar-refractivity contribution in [1.82, 2.24) is 9.36 Å². The lowest BCUT2D eigenvalue weighted by Crippen LogP contribution is -2.13. The molecule has 3 rings (SSSR count). The van der Waals surface area contributed by atoms with Gasteiger partial charge >= 0.3 is 5.97 Å². The smallest absolute Gasteiger partial charge is 0.353 e. The Morgan fingerprint density at radius 3 is 2.77 bits per heavy atom. The summed E-state index contributed by atoms with van der Waals surface area (Å²) in [5.74, 6) is -0.576. The number of methoxy groups -OCH3 is 1. The molecule has 152 valence electrons. The SMILES string of the molecule is COc1cc(C=C(C#N)C(=O)Nc2nc(SC)ns2)ccc1OC(=O)c1cccs1. The molecule has 0 bridgehead atoms. The number of aromatic nitrogens is 2. The Labute approximate surface area is 184 Å². The van der Waals surface area contributed by atoms with Gasteiger partial charge in [0.25, 0.3) is 5.91 Å². The van der Waals surface area contributed by atoms with E-state index >= 15 is 0 Å². The number of rotatable bonds is 7. The number of thiophene rings is 1. The van der Waals surface area contributed by atoms with Gasteiger partial charge in [-0.1, -0.05) is 23.9 Å². The summed E-state index contributed by atoms with van der Waals surface area (Å²) >= 11 is 3.65. The first-order valence-electron chi connectivity index (χ1n) is 8.28. The Hall–Kier alpha value is -3.20. The van der Waals surface area contributed by atoms with Gasteiger partial charge in [0, 0.05) is 11.5 Å². The quantitative estimate of drug-likeness (QED) is 0.185. The molecule has 1 amide bonds. The molecule has 2 heterocycles. The zero-order chi connectivity index (χ0) is 21.5. The fraction of sp³-hybridized carbons (Fsp3) is 0.105. The Morgan fingerprint density at radius 2 is 2.13 bits per heavy atom. The van der Waals surface area contributed by atoms with Gasteiger partial charge in [0.2, 0.25) is 10.3 Å². The van der Waals surface area contributed by atoms with E-state index in [2.05, 4.69) is 14.7 Å². The minimum atomic E-state index is -0.603. The number of hydrogen-bond acceptors (Lipinski definition) is 10. The highest BCUT2D eigenvalue weighted by Crippen LogP contribution is 2.30. The van der Waals surface area contributed by atoms with E-state index in [1.54, 1.807) is 35.7 Å². The predicted molar refractivity (Wildman–Crippen MR) is 116 cm³/mol. The second kappa shape index (κ2) is 10.0. The van der Waals surface area contributed by atoms with Crippen LogP contribution in [0.2, 0.25) is 0 Å². The van der Waals surface area contributed by atoms with Crippen LogP contribution in [0.1, 0.15) is 15.2 Å². The summed E-state index contributed by atoms with van der Waals surface area (Å²) in [7, 11) is 1.43. The van der Waals surface area contributed by atoms with Crippen LogP contribution in [-0.2, 0) is 4.79 Å². The molecule has 11 heteroatoms. The summed E-state index contributed by atoms with van der Waals surface area (Å²) < 4.78 is 14.7. The fourth-order valence-corrected chi connectivity index (χ4v) is 3.95. The van der Waals surface area contributed by atoms with Crippen molar-refractivity contribution in [2.45, 2.75) is 5.16 Å². The number of ether oxygens (including phenoxy) is 2. The van der Waals surface area contributed by atoms with Gasteiger partial charge in [0.15, 0.2) is 11.5 Å². The lowest BCUT2D eigenvalue weighted by atomic mass is 10.1. The van der Waals surface area contributed by atoms with Crippen LogP contribution in [0, 0.1) is 11.3 Å². The van der Waals surface area contributed by atoms with Gasteiger partial charge in [-0.2, -0.15) is 14.6 Å². The number of thioether (sulfide) groups is 1. The van der Waals surface area contributed by atoms with Crippen LogP contribution < -0.4 is 14.8 Å². The highest BCUT2D eigenvalue weighted by atomic mass is 32.2. The zero-order valence-electron chi connectivity index (χ0n) is 15.7. The number of anilines is 1. The van der Waals surface area contributed by atoms with E-state index in [0.717, 1.165) is 11.5 Å². The van der Waals surface area contributed by atoms with Gasteiger partial charge in [0.05, 0.1) is 7.11 Å². The van der Waals surface area contributed by atoms with E-state index in [9.17, 15) is 14.9 Å². The fourth-order valence-electron chi connectivity index (χ4n) is 2.23. The summed E-state index contributed by atoms with van der Waals surface area (Å²) in [6.07, 6.45) is 3.22. The molecular weight excluding hydrogens is 444 g/mol. The average molecular weight is 459 g/mol. The summed E-state index contributed by atoms with van der Waals surface area (Å²) in [5, 5.41) is 14.5. The molecule has 3 aromatic rings. The number of carbonyl (C=O) groups is 2. The molecule has 0 aliphatic heterocycles. The second-order valence-corrected chi connectivity index (χ2v) is 7.96. The molecule has 0 atom stereocenters. The third-order valence-corrected chi connectivity index (χ3v) is 5.74. The minimum absolute atomic E-state index is 0.124. The maximum Gasteiger partial charge on any atom is 0.353 e. The van der Waals surface area contributed by atoms with E-state index in [1.807, 2.05) is 12.3 Å². The van der Waals surface area contributed by atoms with Crippen molar-refractivity contribution >= 4 is 57.7 Å². The monoisotopic (exact) mass is 458 g/mol. The first-order valence-corrected chi connectivity index (χ1v) is 11.2. The third-order valence-electron chi connectivity index (χ3n) is 3.60. The van der Waals surface area contributed by atoms with Crippen LogP contribution >= 0.6 is 34.6 Å². The van der Waals surface area contributed by atoms with Gasteiger partial charge in [-0.05, 0) is 41.5 Å². The van der Waals surface area contributed by atoms with E-state index in [0.29, 0.717) is 26.5 Å². The molecule has 0 saturated heterocycles. The molecule has 1 aromatic carbocycles. The van der Waals surface area contributed by atoms with Crippen molar-refractivity contribution in [2.75, 3.05) is 18.7 Å². The van der Waals surface area contributed by atoms with Crippen LogP contribution in [0.25, 0.3) is 6.08 Å². The highest BCUT2D eigenvalue weighted by molar-refractivity contribution is 7.98. The van der Waals surface area contributed by atoms with Gasteiger partial charge in [0.1, 0.15) is 16.5 Å². The lowest BCUT2D eigenvalue weighted by molar-refractivity contribution is -0.112. The first-order chi connectivity index (χ1) is 14.5. The van der Waals surface area contributed by atoms with E-state index < -0.39 is 11.9 Å². The molecule has 0 fully saturated rings. The molecule has 0 aliphatic rings. The molecule has 0 saturated carbocycles.